The molecule has 2 saturated heterocycles. The van der Waals surface area contributed by atoms with Gasteiger partial charge in [-0.25, -0.2) is 9.78 Å². The van der Waals surface area contributed by atoms with Crippen molar-refractivity contribution in [2.45, 2.75) is 31.5 Å². The van der Waals surface area contributed by atoms with Crippen molar-refractivity contribution >= 4 is 29.2 Å². The molecule has 2 aliphatic heterocycles. The molecular formula is C23H23ClFN5O4. The molecule has 2 unspecified atom stereocenters. The molecular weight excluding hydrogens is 465 g/mol. The molecule has 1 aromatic heterocycles. The van der Waals surface area contributed by atoms with Crippen LogP contribution in [0.4, 0.5) is 20.7 Å². The smallest absolute Gasteiger partial charge is 0.410 e. The first-order chi connectivity index (χ1) is 16.3. The topological polar surface area (TPSA) is 110 Å². The highest BCUT2D eigenvalue weighted by molar-refractivity contribution is 6.33. The van der Waals surface area contributed by atoms with Crippen LogP contribution in [0.5, 0.6) is 5.88 Å². The molecule has 2 atom stereocenters. The molecule has 11 heteroatoms. The number of hydrogen-bond acceptors (Lipinski definition) is 8. The van der Waals surface area contributed by atoms with Crippen molar-refractivity contribution in [2.24, 2.45) is 11.8 Å². The van der Waals surface area contributed by atoms with E-state index in [2.05, 4.69) is 15.3 Å². The fourth-order valence-corrected chi connectivity index (χ4v) is 4.49. The number of halogens is 2. The maximum absolute atomic E-state index is 15.2. The van der Waals surface area contributed by atoms with E-state index in [0.717, 1.165) is 12.8 Å². The lowest BCUT2D eigenvalue weighted by atomic mass is 9.84. The van der Waals surface area contributed by atoms with E-state index in [9.17, 15) is 4.79 Å². The number of nitrogens with zero attached hydrogens (tertiary/aromatic N) is 4. The first-order valence-corrected chi connectivity index (χ1v) is 11.4. The van der Waals surface area contributed by atoms with E-state index in [4.69, 9.17) is 31.1 Å². The second kappa shape index (κ2) is 8.89. The molecule has 2 bridgehead atoms. The molecule has 3 aliphatic rings. The molecule has 1 aliphatic carbocycles. The third-order valence-corrected chi connectivity index (χ3v) is 6.72. The van der Waals surface area contributed by atoms with Crippen LogP contribution in [-0.4, -0.2) is 59.0 Å². The van der Waals surface area contributed by atoms with E-state index in [1.165, 1.54) is 12.4 Å². The van der Waals surface area contributed by atoms with Crippen LogP contribution < -0.4 is 10.1 Å². The third kappa shape index (κ3) is 4.58. The van der Waals surface area contributed by atoms with Crippen LogP contribution in [0.3, 0.4) is 0 Å². The number of rotatable bonds is 5. The van der Waals surface area contributed by atoms with Crippen molar-refractivity contribution < 1.29 is 23.4 Å². The van der Waals surface area contributed by atoms with Gasteiger partial charge >= 0.3 is 6.09 Å². The van der Waals surface area contributed by atoms with E-state index in [1.54, 1.807) is 17.0 Å². The van der Waals surface area contributed by atoms with Gasteiger partial charge in [-0.05, 0) is 38.0 Å². The van der Waals surface area contributed by atoms with Gasteiger partial charge in [-0.1, -0.05) is 11.6 Å². The number of carbonyl (C=O) groups is 1. The minimum Gasteiger partial charge on any atom is -0.471 e. The molecule has 9 nitrogen and oxygen atoms in total. The zero-order valence-electron chi connectivity index (χ0n) is 18.5. The van der Waals surface area contributed by atoms with E-state index >= 15 is 4.39 Å². The van der Waals surface area contributed by atoms with Gasteiger partial charge in [-0.15, -0.1) is 0 Å². The molecule has 1 amide bonds. The monoisotopic (exact) mass is 487 g/mol. The Labute approximate surface area is 200 Å². The summed E-state index contributed by atoms with van der Waals surface area (Å²) in [7, 11) is 0. The minimum atomic E-state index is -0.759. The SMILES string of the molecule is CC1(OC(=O)N2CC3COCC(C2)C3Oc2ncnc(Nc3ccc(C#N)cc3Cl)c2F)CC1. The third-order valence-electron chi connectivity index (χ3n) is 6.41. The predicted octanol–water partition coefficient (Wildman–Crippen LogP) is 3.90. The molecule has 0 spiro atoms. The Balaban J connectivity index is 1.30. The molecule has 0 radical (unpaired) electrons. The fraction of sp³-hybridized carbons (Fsp3) is 0.478. The number of carbonyl (C=O) groups excluding carboxylic acids is 1. The van der Waals surface area contributed by atoms with Gasteiger partial charge < -0.3 is 24.4 Å². The molecule has 2 aromatic rings. The first-order valence-electron chi connectivity index (χ1n) is 11.0. The minimum absolute atomic E-state index is 0.100. The lowest BCUT2D eigenvalue weighted by molar-refractivity contribution is -0.112. The second-order valence-electron chi connectivity index (χ2n) is 9.14. The average Bonchev–Trinajstić information content (AvgIpc) is 3.53. The molecule has 1 N–H and O–H groups in total. The van der Waals surface area contributed by atoms with Crippen molar-refractivity contribution in [3.8, 4) is 11.9 Å². The van der Waals surface area contributed by atoms with Crippen LogP contribution in [0.1, 0.15) is 25.3 Å². The van der Waals surface area contributed by atoms with Gasteiger partial charge in [0.25, 0.3) is 5.88 Å². The summed E-state index contributed by atoms with van der Waals surface area (Å²) < 4.78 is 32.6. The summed E-state index contributed by atoms with van der Waals surface area (Å²) in [5.41, 5.74) is 0.435. The van der Waals surface area contributed by atoms with Crippen LogP contribution in [0, 0.1) is 29.0 Å². The summed E-state index contributed by atoms with van der Waals surface area (Å²) >= 11 is 6.19. The van der Waals surface area contributed by atoms with Gasteiger partial charge in [-0.2, -0.15) is 14.6 Å². The maximum Gasteiger partial charge on any atom is 0.410 e. The van der Waals surface area contributed by atoms with Crippen LogP contribution >= 0.6 is 11.6 Å². The number of ether oxygens (including phenoxy) is 3. The zero-order chi connectivity index (χ0) is 23.9. The highest BCUT2D eigenvalue weighted by atomic mass is 35.5. The summed E-state index contributed by atoms with van der Waals surface area (Å²) in [6.45, 7) is 3.50. The van der Waals surface area contributed by atoms with Gasteiger partial charge in [0.15, 0.2) is 5.82 Å². The van der Waals surface area contributed by atoms with E-state index in [1.807, 2.05) is 13.0 Å². The maximum atomic E-state index is 15.2. The molecule has 1 aromatic carbocycles. The van der Waals surface area contributed by atoms with E-state index in [0.29, 0.717) is 37.6 Å². The number of nitriles is 1. The van der Waals surface area contributed by atoms with Crippen molar-refractivity contribution in [1.82, 2.24) is 14.9 Å². The standard InChI is InChI=1S/C23H23ClFN5O4/c1-23(4-5-23)34-22(31)30-8-14-10-32-11-15(9-30)19(14)33-21-18(25)20(27-12-28-21)29-17-3-2-13(7-26)6-16(17)24/h2-3,6,12,14-15,19H,4-5,8-11H2,1H3,(H,27,28,29). The Morgan fingerprint density at radius 2 is 2.06 bits per heavy atom. The summed E-state index contributed by atoms with van der Waals surface area (Å²) in [4.78, 5) is 22.2. The lowest BCUT2D eigenvalue weighted by Crippen LogP contribution is -2.59. The number of benzene rings is 1. The number of amides is 1. The summed E-state index contributed by atoms with van der Waals surface area (Å²) in [5, 5.41) is 12.1. The Bertz CT molecular complexity index is 1140. The van der Waals surface area contributed by atoms with E-state index in [-0.39, 0.29) is 46.4 Å². The van der Waals surface area contributed by atoms with Crippen LogP contribution in [0.25, 0.3) is 0 Å². The average molecular weight is 488 g/mol. The highest BCUT2D eigenvalue weighted by Gasteiger charge is 2.47. The lowest BCUT2D eigenvalue weighted by Gasteiger charge is -2.46. The van der Waals surface area contributed by atoms with Gasteiger partial charge in [0, 0.05) is 24.9 Å². The number of fused-ring (bicyclic) bond motifs is 2. The van der Waals surface area contributed by atoms with Gasteiger partial charge in [0.05, 0.1) is 35.6 Å². The number of aromatic nitrogens is 2. The van der Waals surface area contributed by atoms with Crippen molar-refractivity contribution in [3.63, 3.8) is 0 Å². The largest absolute Gasteiger partial charge is 0.471 e. The Morgan fingerprint density at radius 1 is 1.32 bits per heavy atom. The zero-order valence-corrected chi connectivity index (χ0v) is 19.2. The summed E-state index contributed by atoms with van der Waals surface area (Å²) in [5.74, 6) is -1.34. The number of nitrogens with one attached hydrogen (secondary N) is 1. The number of piperidine rings is 1. The fourth-order valence-electron chi connectivity index (χ4n) is 4.26. The van der Waals surface area contributed by atoms with Crippen molar-refractivity contribution in [3.05, 3.63) is 40.9 Å². The van der Waals surface area contributed by atoms with Crippen LogP contribution in [0.2, 0.25) is 5.02 Å². The molecule has 178 valence electrons. The quantitative estimate of drug-likeness (QED) is 0.676. The molecule has 34 heavy (non-hydrogen) atoms. The van der Waals surface area contributed by atoms with Gasteiger partial charge in [0.2, 0.25) is 5.82 Å². The van der Waals surface area contributed by atoms with Gasteiger partial charge in [0.1, 0.15) is 18.0 Å². The van der Waals surface area contributed by atoms with E-state index < -0.39 is 5.82 Å². The summed E-state index contributed by atoms with van der Waals surface area (Å²) in [6.07, 6.45) is 2.27. The second-order valence-corrected chi connectivity index (χ2v) is 9.54. The molecule has 1 saturated carbocycles. The molecule has 3 heterocycles. The summed E-state index contributed by atoms with van der Waals surface area (Å²) in [6, 6.07) is 6.60. The number of likely N-dealkylation sites (tertiary alicyclic amines) is 1. The van der Waals surface area contributed by atoms with Crippen LogP contribution in [0.15, 0.2) is 24.5 Å². The normalized spacial score (nSPS) is 24.6. The Morgan fingerprint density at radius 3 is 2.71 bits per heavy atom. The number of hydrogen-bond donors (Lipinski definition) is 1. The highest BCUT2D eigenvalue weighted by Crippen LogP contribution is 2.40. The Hall–Kier alpha value is -3.16. The molecule has 3 fully saturated rings. The first kappa shape index (κ1) is 22.6. The van der Waals surface area contributed by atoms with Crippen molar-refractivity contribution in [1.29, 1.82) is 5.26 Å². The van der Waals surface area contributed by atoms with Gasteiger partial charge in [-0.3, -0.25) is 0 Å². The molecule has 5 rings (SSSR count). The number of anilines is 2. The van der Waals surface area contributed by atoms with Crippen molar-refractivity contribution in [2.75, 3.05) is 31.6 Å². The Kier molecular flexibility index (Phi) is 5.91. The van der Waals surface area contributed by atoms with Crippen LogP contribution in [-0.2, 0) is 9.47 Å². The predicted molar refractivity (Wildman–Crippen MR) is 119 cm³/mol.